The average molecular weight is 1250 g/mol. The molecule has 495 valence electrons. The Kier molecular flexibility index (Phi) is 79.5. The molecule has 8 nitrogen and oxygen atoms in total. The molecule has 0 saturated carbocycles. The van der Waals surface area contributed by atoms with Gasteiger partial charge in [-0.1, -0.05) is 307 Å². The molecule has 0 spiro atoms. The van der Waals surface area contributed by atoms with Crippen molar-refractivity contribution in [3.63, 3.8) is 0 Å². The number of phosphoric acid groups is 2. The van der Waals surface area contributed by atoms with Gasteiger partial charge in [0, 0.05) is 0 Å². The topological polar surface area (TPSA) is 117 Å². The van der Waals surface area contributed by atoms with Crippen molar-refractivity contribution in [2.75, 3.05) is 26.4 Å². The van der Waals surface area contributed by atoms with Gasteiger partial charge in [-0.15, -0.1) is 0 Å². The Hall–Kier alpha value is -0.314. The Morgan fingerprint density at radius 2 is 0.337 bits per heavy atom. The van der Waals surface area contributed by atoms with Crippen molar-refractivity contribution in [1.29, 1.82) is 0 Å². The molecule has 0 saturated heterocycles. The zero-order valence-corrected chi connectivity index (χ0v) is 58.4. The smallest absolute Gasteiger partial charge is 0.756 e. The van der Waals surface area contributed by atoms with Crippen molar-refractivity contribution in [3.8, 4) is 0 Å². The summed E-state index contributed by atoms with van der Waals surface area (Å²) >= 11 is 0. The molecule has 0 heterocycles. The summed E-state index contributed by atoms with van der Waals surface area (Å²) in [4.78, 5) is 23.8. The molecular weight excluding hydrogens is 1110 g/mol. The first-order chi connectivity index (χ1) is 40.2. The Labute approximate surface area is 528 Å². The number of unbranched alkanes of at least 4 members (excludes halogenated alkanes) is 48. The van der Waals surface area contributed by atoms with Crippen LogP contribution in [0.1, 0.15) is 387 Å². The molecule has 1 radical (unpaired) electrons. The molecule has 0 aliphatic heterocycles. The van der Waals surface area contributed by atoms with E-state index in [0.29, 0.717) is 0 Å². The van der Waals surface area contributed by atoms with Crippen LogP contribution >= 0.6 is 15.6 Å². The van der Waals surface area contributed by atoms with Crippen LogP contribution in [-0.4, -0.2) is 26.4 Å². The summed E-state index contributed by atoms with van der Waals surface area (Å²) in [5.41, 5.74) is 0. The van der Waals surface area contributed by atoms with Gasteiger partial charge in [-0.2, -0.15) is 0 Å². The SMILES string of the molecule is CCCCCCCC/C=C\CCCCCCCCOP(=O)([O-])OCCCCCCCC/C=C\CCCCCCCC.CCCCCCCC/C=C\CCCCCCCCOP(=O)([O-])OCCCCCCCC/C=C\CCCCCCCC.[Co+2]. The number of hydrogen-bond acceptors (Lipinski definition) is 8. The fraction of sp³-hybridized carbons (Fsp3) is 0.889. The number of allylic oxidation sites excluding steroid dienone is 8. The van der Waals surface area contributed by atoms with E-state index < -0.39 is 15.6 Å². The molecule has 0 aromatic rings. The molecule has 0 aromatic carbocycles. The van der Waals surface area contributed by atoms with E-state index in [1.807, 2.05) is 0 Å². The minimum absolute atomic E-state index is 0. The molecule has 0 bridgehead atoms. The third kappa shape index (κ3) is 81.7. The van der Waals surface area contributed by atoms with E-state index in [1.54, 1.807) is 0 Å². The quantitative estimate of drug-likeness (QED) is 0.0336. The molecule has 0 aliphatic carbocycles. The standard InChI is InChI=1S/2C36H71O4P.Co/c2*1-3-5-7-9-11-13-15-17-19-21-23-25-27-29-31-33-35-39-41(37,38)40-36-34-32-30-28-26-24-22-20-18-16-14-12-10-8-6-4-2;/h2*17-20H,3-16,21-36H2,1-2H3,(H,37,38);/q;;+2/p-2/b2*19-17-,20-18-;. The van der Waals surface area contributed by atoms with Crippen molar-refractivity contribution >= 4 is 15.6 Å². The second-order valence-electron chi connectivity index (χ2n) is 24.0. The van der Waals surface area contributed by atoms with E-state index in [4.69, 9.17) is 18.1 Å². The van der Waals surface area contributed by atoms with Gasteiger partial charge in [0.1, 0.15) is 0 Å². The minimum atomic E-state index is -4.14. The second kappa shape index (κ2) is 75.9. The zero-order chi connectivity index (χ0) is 59.9. The van der Waals surface area contributed by atoms with Crippen LogP contribution in [0.15, 0.2) is 48.6 Å². The molecule has 0 N–H and O–H groups in total. The summed E-state index contributed by atoms with van der Waals surface area (Å²) in [5.74, 6) is 0. The largest absolute Gasteiger partial charge is 2.00 e. The zero-order valence-electron chi connectivity index (χ0n) is 55.5. The molecule has 0 unspecified atom stereocenters. The monoisotopic (exact) mass is 1250 g/mol. The Bertz CT molecular complexity index is 1220. The first-order valence-electron chi connectivity index (χ1n) is 36.0. The minimum Gasteiger partial charge on any atom is -0.756 e. The van der Waals surface area contributed by atoms with Crippen molar-refractivity contribution < 1.29 is 53.8 Å². The predicted molar refractivity (Wildman–Crippen MR) is 357 cm³/mol. The Morgan fingerprint density at radius 3 is 0.482 bits per heavy atom. The Morgan fingerprint density at radius 1 is 0.217 bits per heavy atom. The van der Waals surface area contributed by atoms with E-state index in [-0.39, 0.29) is 43.2 Å². The van der Waals surface area contributed by atoms with Gasteiger partial charge in [0.05, 0.1) is 26.4 Å². The molecule has 0 amide bonds. The van der Waals surface area contributed by atoms with Gasteiger partial charge >= 0.3 is 16.8 Å². The van der Waals surface area contributed by atoms with Crippen LogP contribution in [0.4, 0.5) is 0 Å². The van der Waals surface area contributed by atoms with Gasteiger partial charge in [0.15, 0.2) is 0 Å². The Balaban J connectivity index is -0.00000152. The number of rotatable bonds is 68. The van der Waals surface area contributed by atoms with Gasteiger partial charge in [0.2, 0.25) is 0 Å². The fourth-order valence-corrected chi connectivity index (χ4v) is 11.7. The molecule has 11 heteroatoms. The molecule has 83 heavy (non-hydrogen) atoms. The van der Waals surface area contributed by atoms with Crippen LogP contribution in [0.25, 0.3) is 0 Å². The average Bonchev–Trinajstić information content (AvgIpc) is 3.46. The summed E-state index contributed by atoms with van der Waals surface area (Å²) in [6.45, 7) is 10.0. The van der Waals surface area contributed by atoms with Crippen LogP contribution in [0.2, 0.25) is 0 Å². The summed E-state index contributed by atoms with van der Waals surface area (Å²) in [5, 5.41) is 0. The van der Waals surface area contributed by atoms with Gasteiger partial charge in [-0.3, -0.25) is 9.13 Å². The van der Waals surface area contributed by atoms with Crippen LogP contribution in [0, 0.1) is 0 Å². The molecule has 0 atom stereocenters. The van der Waals surface area contributed by atoms with Crippen molar-refractivity contribution in [2.24, 2.45) is 0 Å². The summed E-state index contributed by atoms with van der Waals surface area (Å²) in [7, 11) is -8.27. The van der Waals surface area contributed by atoms with E-state index in [9.17, 15) is 18.9 Å². The van der Waals surface area contributed by atoms with Crippen LogP contribution in [0.5, 0.6) is 0 Å². The molecular formula is C72H140CoO8P2. The van der Waals surface area contributed by atoms with E-state index in [0.717, 1.165) is 77.0 Å². The maximum atomic E-state index is 11.9. The normalized spacial score (nSPS) is 12.2. The van der Waals surface area contributed by atoms with Crippen molar-refractivity contribution in [1.82, 2.24) is 0 Å². The molecule has 0 aromatic heterocycles. The van der Waals surface area contributed by atoms with Crippen LogP contribution < -0.4 is 9.79 Å². The molecule has 0 fully saturated rings. The summed E-state index contributed by atoms with van der Waals surface area (Å²) in [6, 6.07) is 0. The maximum Gasteiger partial charge on any atom is 2.00 e. The van der Waals surface area contributed by atoms with Crippen LogP contribution in [0.3, 0.4) is 0 Å². The van der Waals surface area contributed by atoms with Gasteiger partial charge in [-0.25, -0.2) is 0 Å². The first kappa shape index (κ1) is 86.9. The van der Waals surface area contributed by atoms with Crippen molar-refractivity contribution in [2.45, 2.75) is 387 Å². The predicted octanol–water partition coefficient (Wildman–Crippen LogP) is 25.1. The summed E-state index contributed by atoms with van der Waals surface area (Å²) in [6.07, 6.45) is 88.0. The molecule has 0 rings (SSSR count). The van der Waals surface area contributed by atoms with E-state index in [2.05, 4.69) is 76.3 Å². The van der Waals surface area contributed by atoms with Gasteiger partial charge < -0.3 is 27.9 Å². The summed E-state index contributed by atoms with van der Waals surface area (Å²) < 4.78 is 44.0. The second-order valence-corrected chi connectivity index (χ2v) is 26.8. The fourth-order valence-electron chi connectivity index (χ4n) is 10.2. The molecule has 0 aliphatic rings. The first-order valence-corrected chi connectivity index (χ1v) is 39.0. The van der Waals surface area contributed by atoms with E-state index in [1.165, 1.54) is 283 Å². The van der Waals surface area contributed by atoms with Crippen LogP contribution in [-0.2, 0) is 44.0 Å². The van der Waals surface area contributed by atoms with Gasteiger partial charge in [0.25, 0.3) is 15.6 Å². The maximum absolute atomic E-state index is 11.9. The number of phosphoric ester groups is 2. The van der Waals surface area contributed by atoms with E-state index >= 15 is 0 Å². The number of hydrogen-bond donors (Lipinski definition) is 0. The third-order valence-electron chi connectivity index (χ3n) is 15.6. The van der Waals surface area contributed by atoms with Crippen molar-refractivity contribution in [3.05, 3.63) is 48.6 Å². The van der Waals surface area contributed by atoms with Gasteiger partial charge in [-0.05, 0) is 128 Å². The third-order valence-corrected chi connectivity index (χ3v) is 17.6.